The van der Waals surface area contributed by atoms with Gasteiger partial charge >= 0.3 is 0 Å². The van der Waals surface area contributed by atoms with Crippen molar-refractivity contribution in [2.45, 2.75) is 20.8 Å². The van der Waals surface area contributed by atoms with Crippen molar-refractivity contribution in [1.82, 2.24) is 0 Å². The number of hydrogen-bond donors (Lipinski definition) is 1. The van der Waals surface area contributed by atoms with Gasteiger partial charge in [-0.25, -0.2) is 0 Å². The topological polar surface area (TPSA) is 69.4 Å². The van der Waals surface area contributed by atoms with E-state index in [0.29, 0.717) is 46.6 Å². The van der Waals surface area contributed by atoms with E-state index < -0.39 is 0 Å². The summed E-state index contributed by atoms with van der Waals surface area (Å²) in [7, 11) is 0. The molecule has 0 aromatic heterocycles. The van der Waals surface area contributed by atoms with E-state index in [1.54, 1.807) is 37.3 Å². The highest BCUT2D eigenvalue weighted by molar-refractivity contribution is 6.13. The average Bonchev–Trinajstić information content (AvgIpc) is 2.53. The van der Waals surface area contributed by atoms with Crippen LogP contribution in [0.5, 0.6) is 5.75 Å². The minimum Gasteiger partial charge on any atom is -0.494 e. The van der Waals surface area contributed by atoms with Crippen LogP contribution in [0.25, 0.3) is 0 Å². The van der Waals surface area contributed by atoms with Crippen molar-refractivity contribution in [3.8, 4) is 5.75 Å². The zero-order valence-corrected chi connectivity index (χ0v) is 13.0. The predicted octanol–water partition coefficient (Wildman–Crippen LogP) is 3.33. The number of nitrogen functional groups attached to an aromatic ring is 1. The Kier molecular flexibility index (Phi) is 4.61. The normalized spacial score (nSPS) is 10.3. The number of anilines is 1. The van der Waals surface area contributed by atoms with E-state index in [2.05, 4.69) is 0 Å². The van der Waals surface area contributed by atoms with Gasteiger partial charge in [-0.15, -0.1) is 0 Å². The molecule has 2 N–H and O–H groups in total. The number of rotatable bonds is 5. The molecule has 4 heteroatoms. The van der Waals surface area contributed by atoms with Gasteiger partial charge in [0.2, 0.25) is 0 Å². The van der Waals surface area contributed by atoms with Gasteiger partial charge in [0.15, 0.2) is 12.1 Å². The Morgan fingerprint density at radius 3 is 2.41 bits per heavy atom. The highest BCUT2D eigenvalue weighted by Gasteiger charge is 2.18. The van der Waals surface area contributed by atoms with Crippen LogP contribution in [-0.2, 0) is 0 Å². The molecule has 22 heavy (non-hydrogen) atoms. The van der Waals surface area contributed by atoms with Crippen molar-refractivity contribution in [3.63, 3.8) is 0 Å². The fourth-order valence-corrected chi connectivity index (χ4v) is 2.38. The first-order valence-electron chi connectivity index (χ1n) is 7.12. The first kappa shape index (κ1) is 15.8. The van der Waals surface area contributed by atoms with E-state index in [1.165, 1.54) is 0 Å². The maximum Gasteiger partial charge on any atom is 0.193 e. The van der Waals surface area contributed by atoms with Crippen LogP contribution in [0.3, 0.4) is 0 Å². The molecule has 2 rings (SSSR count). The van der Waals surface area contributed by atoms with Gasteiger partial charge in [-0.1, -0.05) is 0 Å². The third-order valence-corrected chi connectivity index (χ3v) is 3.67. The molecule has 114 valence electrons. The number of carbonyl (C=O) groups is 2. The van der Waals surface area contributed by atoms with Gasteiger partial charge in [-0.3, -0.25) is 9.59 Å². The standard InChI is InChI=1S/C18H19NO3/c1-4-22-14-7-5-13(6-8-14)18(21)15-9-11(2)17(19)12(3)16(15)10-20/h5-10H,4,19H2,1-3H3. The van der Waals surface area contributed by atoms with E-state index >= 15 is 0 Å². The Morgan fingerprint density at radius 2 is 1.86 bits per heavy atom. The van der Waals surface area contributed by atoms with Crippen LogP contribution in [0.15, 0.2) is 30.3 Å². The molecule has 0 saturated carbocycles. The summed E-state index contributed by atoms with van der Waals surface area (Å²) in [6.45, 7) is 6.04. The Hall–Kier alpha value is -2.62. The smallest absolute Gasteiger partial charge is 0.193 e. The fraction of sp³-hybridized carbons (Fsp3) is 0.222. The molecule has 0 atom stereocenters. The number of benzene rings is 2. The number of aryl methyl sites for hydroxylation is 1. The molecule has 0 heterocycles. The van der Waals surface area contributed by atoms with Crippen molar-refractivity contribution < 1.29 is 14.3 Å². The van der Waals surface area contributed by atoms with Gasteiger partial charge in [-0.2, -0.15) is 0 Å². The van der Waals surface area contributed by atoms with Gasteiger partial charge in [-0.05, 0) is 62.2 Å². The first-order valence-corrected chi connectivity index (χ1v) is 7.12. The summed E-state index contributed by atoms with van der Waals surface area (Å²) in [5, 5.41) is 0. The van der Waals surface area contributed by atoms with Gasteiger partial charge in [0.1, 0.15) is 5.75 Å². The van der Waals surface area contributed by atoms with Crippen LogP contribution in [0.4, 0.5) is 5.69 Å². The maximum absolute atomic E-state index is 12.7. The van der Waals surface area contributed by atoms with Gasteiger partial charge < -0.3 is 10.5 Å². The van der Waals surface area contributed by atoms with Crippen LogP contribution in [0, 0.1) is 13.8 Å². The summed E-state index contributed by atoms with van der Waals surface area (Å²) in [6.07, 6.45) is 0.687. The third-order valence-electron chi connectivity index (χ3n) is 3.67. The largest absolute Gasteiger partial charge is 0.494 e. The molecule has 0 spiro atoms. The van der Waals surface area contributed by atoms with Crippen molar-refractivity contribution in [3.05, 3.63) is 58.1 Å². The van der Waals surface area contributed by atoms with Crippen molar-refractivity contribution in [1.29, 1.82) is 0 Å². The Balaban J connectivity index is 2.47. The van der Waals surface area contributed by atoms with Crippen molar-refractivity contribution in [2.75, 3.05) is 12.3 Å². The molecule has 0 aliphatic rings. The Morgan fingerprint density at radius 1 is 1.23 bits per heavy atom. The van der Waals surface area contributed by atoms with Crippen molar-refractivity contribution >= 4 is 17.8 Å². The number of hydrogen-bond acceptors (Lipinski definition) is 4. The quantitative estimate of drug-likeness (QED) is 0.522. The van der Waals surface area contributed by atoms with Gasteiger partial charge in [0, 0.05) is 22.4 Å². The summed E-state index contributed by atoms with van der Waals surface area (Å²) in [5.41, 5.74) is 9.15. The summed E-state index contributed by atoms with van der Waals surface area (Å²) in [6, 6.07) is 8.55. The number of carbonyl (C=O) groups excluding carboxylic acids is 2. The average molecular weight is 297 g/mol. The minimum atomic E-state index is -0.198. The lowest BCUT2D eigenvalue weighted by Gasteiger charge is -2.12. The molecule has 0 amide bonds. The Labute approximate surface area is 129 Å². The highest BCUT2D eigenvalue weighted by Crippen LogP contribution is 2.26. The number of ketones is 1. The molecular weight excluding hydrogens is 278 g/mol. The predicted molar refractivity (Wildman–Crippen MR) is 86.8 cm³/mol. The van der Waals surface area contributed by atoms with E-state index in [1.807, 2.05) is 13.8 Å². The first-order chi connectivity index (χ1) is 10.5. The van der Waals surface area contributed by atoms with Gasteiger partial charge in [0.05, 0.1) is 6.61 Å². The molecule has 4 nitrogen and oxygen atoms in total. The third kappa shape index (κ3) is 2.86. The lowest BCUT2D eigenvalue weighted by Crippen LogP contribution is -2.10. The SMILES string of the molecule is CCOc1ccc(C(=O)c2cc(C)c(N)c(C)c2C=O)cc1. The molecule has 2 aromatic rings. The van der Waals surface area contributed by atoms with E-state index in [0.717, 1.165) is 5.56 Å². The van der Waals surface area contributed by atoms with Crippen LogP contribution < -0.4 is 10.5 Å². The number of aldehydes is 1. The monoisotopic (exact) mass is 297 g/mol. The van der Waals surface area contributed by atoms with E-state index in [-0.39, 0.29) is 5.78 Å². The molecule has 0 saturated heterocycles. The second kappa shape index (κ2) is 6.43. The fourth-order valence-electron chi connectivity index (χ4n) is 2.38. The molecule has 0 aliphatic carbocycles. The molecule has 0 unspecified atom stereocenters. The van der Waals surface area contributed by atoms with Crippen LogP contribution in [0.1, 0.15) is 44.3 Å². The molecule has 0 fully saturated rings. The lowest BCUT2D eigenvalue weighted by molar-refractivity contribution is 0.102. The molecule has 2 aromatic carbocycles. The summed E-state index contributed by atoms with van der Waals surface area (Å²) >= 11 is 0. The molecule has 0 aliphatic heterocycles. The molecule has 0 radical (unpaired) electrons. The van der Waals surface area contributed by atoms with Crippen LogP contribution in [0.2, 0.25) is 0 Å². The summed E-state index contributed by atoms with van der Waals surface area (Å²) < 4.78 is 5.36. The highest BCUT2D eigenvalue weighted by atomic mass is 16.5. The number of ether oxygens (including phenoxy) is 1. The molecule has 0 bridgehead atoms. The van der Waals surface area contributed by atoms with E-state index in [9.17, 15) is 9.59 Å². The lowest BCUT2D eigenvalue weighted by atomic mass is 9.92. The maximum atomic E-state index is 12.7. The minimum absolute atomic E-state index is 0.198. The van der Waals surface area contributed by atoms with Crippen molar-refractivity contribution in [2.24, 2.45) is 0 Å². The summed E-state index contributed by atoms with van der Waals surface area (Å²) in [4.78, 5) is 24.0. The zero-order valence-electron chi connectivity index (χ0n) is 13.0. The van der Waals surface area contributed by atoms with E-state index in [4.69, 9.17) is 10.5 Å². The molecular formula is C18H19NO3. The zero-order chi connectivity index (χ0) is 16.3. The number of nitrogens with two attached hydrogens (primary N) is 1. The summed E-state index contributed by atoms with van der Waals surface area (Å²) in [5.74, 6) is 0.510. The second-order valence-electron chi connectivity index (χ2n) is 5.10. The van der Waals surface area contributed by atoms with Gasteiger partial charge in [0.25, 0.3) is 0 Å². The Bertz CT molecular complexity index is 718. The van der Waals surface area contributed by atoms with Crippen LogP contribution >= 0.6 is 0 Å². The van der Waals surface area contributed by atoms with Crippen LogP contribution in [-0.4, -0.2) is 18.7 Å². The second-order valence-corrected chi connectivity index (χ2v) is 5.10.